The molecule has 0 nitrogen and oxygen atoms in total. The molecule has 0 N–H and O–H groups in total. The molecule has 0 saturated heterocycles. The van der Waals surface area contributed by atoms with Crippen LogP contribution in [0.1, 0.15) is 0 Å². The number of rotatable bonds is 1. The van der Waals surface area contributed by atoms with E-state index < -0.39 is 22.6 Å². The average molecular weight is 271 g/mol. The highest BCUT2D eigenvalue weighted by Gasteiger charge is 2.81. The predicted octanol–water partition coefficient (Wildman–Crippen LogP) is 3.92. The van der Waals surface area contributed by atoms with E-state index in [9.17, 15) is 35.1 Å². The third kappa shape index (κ3) is 2.00. The van der Waals surface area contributed by atoms with E-state index in [1.807, 2.05) is 0 Å². The molecule has 0 radical (unpaired) electrons. The number of halogens is 10. The van der Waals surface area contributed by atoms with E-state index >= 15 is 0 Å². The number of hydrogen-bond donors (Lipinski definition) is 0. The van der Waals surface area contributed by atoms with Gasteiger partial charge >= 0.3 is 22.6 Å². The van der Waals surface area contributed by atoms with Crippen LogP contribution in [0.4, 0.5) is 35.1 Å². The van der Waals surface area contributed by atoms with Crippen molar-refractivity contribution < 1.29 is 35.1 Å². The molecule has 0 bridgehead atoms. The summed E-state index contributed by atoms with van der Waals surface area (Å²) in [5, 5.41) is -5.69. The van der Waals surface area contributed by atoms with E-state index in [1.165, 1.54) is 0 Å². The van der Waals surface area contributed by atoms with Gasteiger partial charge in [-0.1, -0.05) is 11.6 Å². The lowest BCUT2D eigenvalue weighted by atomic mass is 10.1. The third-order valence-corrected chi connectivity index (χ3v) is 2.22. The van der Waals surface area contributed by atoms with Crippen LogP contribution in [-0.4, -0.2) is 22.6 Å². The Hall–Kier alpha value is 0.0200. The van der Waals surface area contributed by atoms with E-state index in [1.54, 1.807) is 0 Å². The van der Waals surface area contributed by atoms with Gasteiger partial charge in [-0.25, -0.2) is 0 Å². The SMILES string of the molecule is FC(F)(F)C(Cl)(C(F)(F)F)C(F)(F)Cl. The molecule has 0 aliphatic heterocycles. The maximum absolute atomic E-state index is 12.0. The Balaban J connectivity index is 5.54. The van der Waals surface area contributed by atoms with Crippen LogP contribution in [0.15, 0.2) is 0 Å². The fourth-order valence-corrected chi connectivity index (χ4v) is 0.696. The van der Waals surface area contributed by atoms with Crippen molar-refractivity contribution >= 4 is 23.2 Å². The van der Waals surface area contributed by atoms with Crippen LogP contribution in [0.2, 0.25) is 0 Å². The molecule has 0 atom stereocenters. The van der Waals surface area contributed by atoms with Crippen LogP contribution in [0.5, 0.6) is 0 Å². The van der Waals surface area contributed by atoms with Gasteiger partial charge in [-0.3, -0.25) is 0 Å². The number of alkyl halides is 10. The Morgan fingerprint density at radius 3 is 0.786 bits per heavy atom. The molecule has 0 aliphatic rings. The zero-order valence-electron chi connectivity index (χ0n) is 5.78. The Morgan fingerprint density at radius 2 is 0.786 bits per heavy atom. The molecule has 0 saturated carbocycles. The molecule has 0 aromatic heterocycles. The van der Waals surface area contributed by atoms with E-state index in [-0.39, 0.29) is 0 Å². The first kappa shape index (κ1) is 14.0. The van der Waals surface area contributed by atoms with Gasteiger partial charge in [0.25, 0.3) is 0 Å². The molecular weight excluding hydrogens is 271 g/mol. The van der Waals surface area contributed by atoms with Crippen LogP contribution in [-0.2, 0) is 0 Å². The summed E-state index contributed by atoms with van der Waals surface area (Å²) in [6.45, 7) is 0. The smallest absolute Gasteiger partial charge is 0.185 e. The van der Waals surface area contributed by atoms with E-state index in [0.29, 0.717) is 0 Å². The Kier molecular flexibility index (Phi) is 3.27. The zero-order valence-corrected chi connectivity index (χ0v) is 7.29. The summed E-state index contributed by atoms with van der Waals surface area (Å²) in [5.41, 5.74) is 0. The van der Waals surface area contributed by atoms with E-state index in [2.05, 4.69) is 23.2 Å². The monoisotopic (exact) mass is 270 g/mol. The van der Waals surface area contributed by atoms with Gasteiger partial charge in [0.15, 0.2) is 0 Å². The third-order valence-electron chi connectivity index (χ3n) is 1.17. The molecule has 0 fully saturated rings. The second-order valence-electron chi connectivity index (χ2n) is 2.15. The lowest BCUT2D eigenvalue weighted by Gasteiger charge is -2.34. The maximum Gasteiger partial charge on any atom is 0.423 e. The molecule has 10 heteroatoms. The molecule has 0 aromatic rings. The first-order valence-electron chi connectivity index (χ1n) is 2.64. The van der Waals surface area contributed by atoms with Gasteiger partial charge in [0.05, 0.1) is 0 Å². The van der Waals surface area contributed by atoms with Gasteiger partial charge < -0.3 is 0 Å². The Morgan fingerprint density at radius 1 is 0.571 bits per heavy atom. The summed E-state index contributed by atoms with van der Waals surface area (Å²) in [6, 6.07) is 0. The minimum absolute atomic E-state index is 3.70. The summed E-state index contributed by atoms with van der Waals surface area (Å²) in [7, 11) is 0. The Bertz CT molecular complexity index is 173. The minimum atomic E-state index is -6.42. The average Bonchev–Trinajstić information content (AvgIpc) is 1.77. The first-order valence-corrected chi connectivity index (χ1v) is 3.40. The van der Waals surface area contributed by atoms with Gasteiger partial charge in [-0.05, 0) is 11.6 Å². The van der Waals surface area contributed by atoms with Crippen molar-refractivity contribution in [1.29, 1.82) is 0 Å². The van der Waals surface area contributed by atoms with Gasteiger partial charge in [-0.2, -0.15) is 35.1 Å². The highest BCUT2D eigenvalue weighted by Crippen LogP contribution is 2.57. The van der Waals surface area contributed by atoms with Gasteiger partial charge in [-0.15, -0.1) is 0 Å². The largest absolute Gasteiger partial charge is 0.423 e. The molecule has 0 aromatic carbocycles. The normalized spacial score (nSPS) is 15.9. The summed E-state index contributed by atoms with van der Waals surface area (Å²) in [6.07, 6.45) is -12.8. The topological polar surface area (TPSA) is 0 Å². The van der Waals surface area contributed by atoms with Crippen molar-refractivity contribution in [3.63, 3.8) is 0 Å². The fourth-order valence-electron chi connectivity index (χ4n) is 0.482. The molecule has 14 heavy (non-hydrogen) atoms. The lowest BCUT2D eigenvalue weighted by Crippen LogP contribution is -2.61. The standard InChI is InChI=1S/C4Cl2F8/c5-1(2(6,7)8,3(9,10)11)4(12,13)14. The predicted molar refractivity (Wildman–Crippen MR) is 31.5 cm³/mol. The maximum atomic E-state index is 12.0. The second kappa shape index (κ2) is 3.26. The minimum Gasteiger partial charge on any atom is -0.185 e. The van der Waals surface area contributed by atoms with Gasteiger partial charge in [0, 0.05) is 0 Å². The highest BCUT2D eigenvalue weighted by molar-refractivity contribution is 6.34. The van der Waals surface area contributed by atoms with E-state index in [0.717, 1.165) is 0 Å². The van der Waals surface area contributed by atoms with Crippen LogP contribution < -0.4 is 0 Å². The van der Waals surface area contributed by atoms with Gasteiger partial charge in [0.1, 0.15) is 0 Å². The molecule has 86 valence electrons. The van der Waals surface area contributed by atoms with Crippen LogP contribution in [0.25, 0.3) is 0 Å². The fraction of sp³-hybridized carbons (Fsp3) is 1.00. The molecule has 0 rings (SSSR count). The second-order valence-corrected chi connectivity index (χ2v) is 3.19. The lowest BCUT2D eigenvalue weighted by molar-refractivity contribution is -0.302. The van der Waals surface area contributed by atoms with Crippen LogP contribution >= 0.6 is 23.2 Å². The van der Waals surface area contributed by atoms with Crippen LogP contribution in [0.3, 0.4) is 0 Å². The van der Waals surface area contributed by atoms with E-state index in [4.69, 9.17) is 0 Å². The quantitative estimate of drug-likeness (QED) is 0.501. The highest BCUT2D eigenvalue weighted by atomic mass is 35.5. The molecule has 0 unspecified atom stereocenters. The summed E-state index contributed by atoms with van der Waals surface area (Å²) in [4.78, 5) is -5.78. The van der Waals surface area contributed by atoms with Crippen molar-refractivity contribution in [1.82, 2.24) is 0 Å². The van der Waals surface area contributed by atoms with Crippen molar-refractivity contribution in [3.05, 3.63) is 0 Å². The van der Waals surface area contributed by atoms with Crippen molar-refractivity contribution in [3.8, 4) is 0 Å². The molecular formula is C4Cl2F8. The molecule has 0 aliphatic carbocycles. The Labute approximate surface area is 81.8 Å². The molecule has 0 spiro atoms. The molecule has 0 heterocycles. The number of hydrogen-bond acceptors (Lipinski definition) is 0. The first-order chi connectivity index (χ1) is 5.75. The molecule has 0 amide bonds. The summed E-state index contributed by atoms with van der Waals surface area (Å²) >= 11 is 7.54. The zero-order chi connectivity index (χ0) is 12.0. The van der Waals surface area contributed by atoms with Crippen molar-refractivity contribution in [2.24, 2.45) is 0 Å². The summed E-state index contributed by atoms with van der Waals surface area (Å²) < 4.78 is 94.0. The van der Waals surface area contributed by atoms with Crippen molar-refractivity contribution in [2.45, 2.75) is 22.6 Å². The summed E-state index contributed by atoms with van der Waals surface area (Å²) in [5.74, 6) is 0. The van der Waals surface area contributed by atoms with Crippen molar-refractivity contribution in [2.75, 3.05) is 0 Å². The van der Waals surface area contributed by atoms with Crippen LogP contribution in [0, 0.1) is 0 Å². The van der Waals surface area contributed by atoms with Gasteiger partial charge in [0.2, 0.25) is 0 Å².